The summed E-state index contributed by atoms with van der Waals surface area (Å²) in [5, 5.41) is 3.06. The Hall–Kier alpha value is -1.43. The van der Waals surface area contributed by atoms with Crippen molar-refractivity contribution in [2.75, 3.05) is 38.7 Å². The fourth-order valence-corrected chi connectivity index (χ4v) is 4.03. The SMILES string of the molecule is CCc1ccccc1NC(=O)CN1CC[C@@H](OC)[C@@]2(CCCO2)C1. The predicted octanol–water partition coefficient (Wildman–Crippen LogP) is 2.46. The van der Waals surface area contributed by atoms with Crippen molar-refractivity contribution in [1.29, 1.82) is 0 Å². The molecule has 2 heterocycles. The number of benzene rings is 1. The van der Waals surface area contributed by atoms with Crippen LogP contribution in [-0.4, -0.2) is 55.9 Å². The molecule has 2 atom stereocenters. The Bertz CT molecular complexity index is 569. The number of carbonyl (C=O) groups is 1. The van der Waals surface area contributed by atoms with Gasteiger partial charge in [-0.2, -0.15) is 0 Å². The average Bonchev–Trinajstić information content (AvgIpc) is 3.04. The first kappa shape index (κ1) is 17.4. The second-order valence-corrected chi connectivity index (χ2v) is 6.80. The number of piperidine rings is 1. The highest BCUT2D eigenvalue weighted by Crippen LogP contribution is 2.36. The Balaban J connectivity index is 1.60. The molecule has 0 aliphatic carbocycles. The zero-order valence-electron chi connectivity index (χ0n) is 14.7. The van der Waals surface area contributed by atoms with Gasteiger partial charge in [0.05, 0.1) is 12.6 Å². The number of hydrogen-bond donors (Lipinski definition) is 1. The van der Waals surface area contributed by atoms with Crippen molar-refractivity contribution in [2.45, 2.75) is 44.3 Å². The van der Waals surface area contributed by atoms with E-state index in [1.807, 2.05) is 18.2 Å². The maximum atomic E-state index is 12.5. The number of rotatable bonds is 5. The Morgan fingerprint density at radius 3 is 3.00 bits per heavy atom. The van der Waals surface area contributed by atoms with Gasteiger partial charge in [-0.25, -0.2) is 0 Å². The van der Waals surface area contributed by atoms with Gasteiger partial charge in [0.15, 0.2) is 0 Å². The van der Waals surface area contributed by atoms with E-state index >= 15 is 0 Å². The summed E-state index contributed by atoms with van der Waals surface area (Å²) in [6.45, 7) is 4.94. The molecule has 1 spiro atoms. The van der Waals surface area contributed by atoms with Crippen LogP contribution in [-0.2, 0) is 20.7 Å². The predicted molar refractivity (Wildman–Crippen MR) is 94.2 cm³/mol. The van der Waals surface area contributed by atoms with Crippen molar-refractivity contribution in [3.05, 3.63) is 29.8 Å². The molecule has 0 saturated carbocycles. The Labute approximate surface area is 144 Å². The van der Waals surface area contributed by atoms with Crippen LogP contribution in [0, 0.1) is 0 Å². The number of nitrogens with zero attached hydrogens (tertiary/aromatic N) is 1. The normalized spacial score (nSPS) is 27.5. The number of para-hydroxylation sites is 1. The smallest absolute Gasteiger partial charge is 0.238 e. The second kappa shape index (κ2) is 7.64. The third-order valence-electron chi connectivity index (χ3n) is 5.24. The molecule has 2 aliphatic heterocycles. The monoisotopic (exact) mass is 332 g/mol. The summed E-state index contributed by atoms with van der Waals surface area (Å²) in [5.74, 6) is 0.0416. The zero-order valence-corrected chi connectivity index (χ0v) is 14.7. The van der Waals surface area contributed by atoms with E-state index in [1.165, 1.54) is 5.56 Å². The van der Waals surface area contributed by atoms with E-state index in [4.69, 9.17) is 9.47 Å². The Morgan fingerprint density at radius 1 is 1.46 bits per heavy atom. The molecule has 2 aliphatic rings. The molecule has 24 heavy (non-hydrogen) atoms. The number of nitrogens with one attached hydrogen (secondary N) is 1. The van der Waals surface area contributed by atoms with Gasteiger partial charge < -0.3 is 14.8 Å². The lowest BCUT2D eigenvalue weighted by atomic mass is 9.87. The number of methoxy groups -OCH3 is 1. The number of hydrogen-bond acceptors (Lipinski definition) is 4. The fourth-order valence-electron chi connectivity index (χ4n) is 4.03. The number of anilines is 1. The third-order valence-corrected chi connectivity index (χ3v) is 5.24. The molecule has 0 bridgehead atoms. The van der Waals surface area contributed by atoms with E-state index in [2.05, 4.69) is 23.2 Å². The molecule has 0 radical (unpaired) electrons. The number of ether oxygens (including phenoxy) is 2. The summed E-state index contributed by atoms with van der Waals surface area (Å²) < 4.78 is 11.7. The minimum atomic E-state index is -0.228. The van der Waals surface area contributed by atoms with Crippen molar-refractivity contribution in [3.8, 4) is 0 Å². The summed E-state index contributed by atoms with van der Waals surface area (Å²) in [4.78, 5) is 14.7. The number of amides is 1. The quantitative estimate of drug-likeness (QED) is 0.900. The van der Waals surface area contributed by atoms with Gasteiger partial charge in [-0.15, -0.1) is 0 Å². The molecule has 1 N–H and O–H groups in total. The molecule has 1 amide bonds. The van der Waals surface area contributed by atoms with Crippen LogP contribution in [0.3, 0.4) is 0 Å². The largest absolute Gasteiger partial charge is 0.378 e. The van der Waals surface area contributed by atoms with Gasteiger partial charge in [0, 0.05) is 32.5 Å². The van der Waals surface area contributed by atoms with Crippen molar-refractivity contribution in [1.82, 2.24) is 4.90 Å². The third kappa shape index (κ3) is 3.63. The van der Waals surface area contributed by atoms with Gasteiger partial charge in [-0.3, -0.25) is 9.69 Å². The highest BCUT2D eigenvalue weighted by molar-refractivity contribution is 5.93. The fraction of sp³-hybridized carbons (Fsp3) is 0.632. The van der Waals surface area contributed by atoms with Crippen molar-refractivity contribution in [2.24, 2.45) is 0 Å². The molecule has 0 aromatic heterocycles. The molecule has 132 valence electrons. The van der Waals surface area contributed by atoms with E-state index in [0.717, 1.165) is 51.1 Å². The maximum absolute atomic E-state index is 12.5. The van der Waals surface area contributed by atoms with Gasteiger partial charge in [0.2, 0.25) is 5.91 Å². The first-order chi connectivity index (χ1) is 11.7. The molecule has 2 fully saturated rings. The van der Waals surface area contributed by atoms with Crippen LogP contribution in [0.25, 0.3) is 0 Å². The molecule has 3 rings (SSSR count). The Morgan fingerprint density at radius 2 is 2.29 bits per heavy atom. The standard InChI is InChI=1S/C19H28N2O3/c1-3-15-7-4-5-8-16(15)20-18(22)13-21-11-9-17(23-2)19(14-21)10-6-12-24-19/h4-5,7-8,17H,3,6,9-14H2,1-2H3,(H,20,22)/t17-,19-/m1/s1. The van der Waals surface area contributed by atoms with Crippen molar-refractivity contribution >= 4 is 11.6 Å². The van der Waals surface area contributed by atoms with Gasteiger partial charge in [0.25, 0.3) is 0 Å². The molecular weight excluding hydrogens is 304 g/mol. The molecular formula is C19H28N2O3. The van der Waals surface area contributed by atoms with Crippen molar-refractivity contribution in [3.63, 3.8) is 0 Å². The molecule has 2 saturated heterocycles. The number of aryl methyl sites for hydroxylation is 1. The summed E-state index contributed by atoms with van der Waals surface area (Å²) >= 11 is 0. The number of likely N-dealkylation sites (tertiary alicyclic amines) is 1. The van der Waals surface area contributed by atoms with E-state index in [1.54, 1.807) is 7.11 Å². The summed E-state index contributed by atoms with van der Waals surface area (Å²) in [6, 6.07) is 7.99. The minimum Gasteiger partial charge on any atom is -0.378 e. The van der Waals surface area contributed by atoms with Gasteiger partial charge in [-0.05, 0) is 37.3 Å². The topological polar surface area (TPSA) is 50.8 Å². The van der Waals surface area contributed by atoms with E-state index in [-0.39, 0.29) is 17.6 Å². The number of carbonyl (C=O) groups excluding carboxylic acids is 1. The second-order valence-electron chi connectivity index (χ2n) is 6.80. The van der Waals surface area contributed by atoms with Crippen LogP contribution in [0.1, 0.15) is 31.7 Å². The van der Waals surface area contributed by atoms with Crippen LogP contribution in [0.5, 0.6) is 0 Å². The van der Waals surface area contributed by atoms with Crippen LogP contribution in [0.4, 0.5) is 5.69 Å². The summed E-state index contributed by atoms with van der Waals surface area (Å²) in [6.07, 6.45) is 4.05. The van der Waals surface area contributed by atoms with Crippen molar-refractivity contribution < 1.29 is 14.3 Å². The lowest BCUT2D eigenvalue weighted by Gasteiger charge is -2.44. The molecule has 0 unspecified atom stereocenters. The van der Waals surface area contributed by atoms with E-state index in [0.29, 0.717) is 6.54 Å². The zero-order chi connectivity index (χ0) is 17.0. The maximum Gasteiger partial charge on any atom is 0.238 e. The lowest BCUT2D eigenvalue weighted by molar-refractivity contribution is -0.146. The minimum absolute atomic E-state index is 0.0416. The molecule has 5 heteroatoms. The molecule has 1 aromatic rings. The first-order valence-electron chi connectivity index (χ1n) is 8.94. The molecule has 1 aromatic carbocycles. The molecule has 5 nitrogen and oxygen atoms in total. The first-order valence-corrected chi connectivity index (χ1v) is 8.94. The summed E-state index contributed by atoms with van der Waals surface area (Å²) in [7, 11) is 1.76. The van der Waals surface area contributed by atoms with Gasteiger partial charge >= 0.3 is 0 Å². The van der Waals surface area contributed by atoms with E-state index < -0.39 is 0 Å². The van der Waals surface area contributed by atoms with Crippen LogP contribution < -0.4 is 5.32 Å². The average molecular weight is 332 g/mol. The van der Waals surface area contributed by atoms with Gasteiger partial charge in [0.1, 0.15) is 5.60 Å². The highest BCUT2D eigenvalue weighted by Gasteiger charge is 2.47. The summed E-state index contributed by atoms with van der Waals surface area (Å²) in [5.41, 5.74) is 1.86. The Kier molecular flexibility index (Phi) is 5.54. The van der Waals surface area contributed by atoms with Crippen LogP contribution in [0.2, 0.25) is 0 Å². The van der Waals surface area contributed by atoms with Gasteiger partial charge in [-0.1, -0.05) is 25.1 Å². The van der Waals surface area contributed by atoms with Crippen LogP contribution in [0.15, 0.2) is 24.3 Å². The lowest BCUT2D eigenvalue weighted by Crippen LogP contribution is -2.58. The van der Waals surface area contributed by atoms with Crippen LogP contribution >= 0.6 is 0 Å². The highest BCUT2D eigenvalue weighted by atomic mass is 16.5. The van der Waals surface area contributed by atoms with E-state index in [9.17, 15) is 4.79 Å².